The number of rotatable bonds is 4. The lowest BCUT2D eigenvalue weighted by Crippen LogP contribution is -2.48. The van der Waals surface area contributed by atoms with Gasteiger partial charge in [0.1, 0.15) is 0 Å². The van der Waals surface area contributed by atoms with E-state index in [-0.39, 0.29) is 6.61 Å². The zero-order valence-electron chi connectivity index (χ0n) is 12.0. The van der Waals surface area contributed by atoms with Gasteiger partial charge in [-0.1, -0.05) is 59.3 Å². The molecule has 0 spiro atoms. The van der Waals surface area contributed by atoms with Crippen LogP contribution in [0.1, 0.15) is 51.0 Å². The summed E-state index contributed by atoms with van der Waals surface area (Å²) in [5.41, 5.74) is 0.487. The minimum atomic E-state index is -0.479. The Balaban J connectivity index is 2.18. The second-order valence-electron chi connectivity index (χ2n) is 5.95. The number of halogens is 2. The third-order valence-electron chi connectivity index (χ3n) is 4.22. The Bertz CT molecular complexity index is 446. The Hall–Kier alpha value is -0.0900. The van der Waals surface area contributed by atoms with Crippen molar-refractivity contribution in [3.05, 3.63) is 33.3 Å². The molecule has 1 aromatic carbocycles. The van der Waals surface area contributed by atoms with Crippen molar-refractivity contribution < 1.29 is 5.11 Å². The van der Waals surface area contributed by atoms with E-state index in [1.165, 1.54) is 38.5 Å². The molecule has 0 aromatic heterocycles. The first kappa shape index (κ1) is 16.3. The number of aliphatic hydroxyl groups is 1. The van der Waals surface area contributed by atoms with Gasteiger partial charge in [-0.05, 0) is 37.5 Å². The van der Waals surface area contributed by atoms with Crippen molar-refractivity contribution in [1.29, 1.82) is 0 Å². The fourth-order valence-corrected chi connectivity index (χ4v) is 3.90. The Morgan fingerprint density at radius 2 is 1.95 bits per heavy atom. The summed E-state index contributed by atoms with van der Waals surface area (Å²) in [6.07, 6.45) is 7.56. The molecule has 1 aliphatic carbocycles. The molecule has 2 rings (SSSR count). The fourth-order valence-electron chi connectivity index (χ4n) is 3.02. The van der Waals surface area contributed by atoms with E-state index in [9.17, 15) is 5.11 Å². The molecule has 112 valence electrons. The molecule has 1 aromatic rings. The van der Waals surface area contributed by atoms with Gasteiger partial charge in [0.2, 0.25) is 0 Å². The van der Waals surface area contributed by atoms with E-state index in [0.717, 1.165) is 10.0 Å². The van der Waals surface area contributed by atoms with Crippen molar-refractivity contribution in [2.45, 2.75) is 57.0 Å². The molecule has 1 atom stereocenters. The van der Waals surface area contributed by atoms with Crippen LogP contribution in [0.25, 0.3) is 0 Å². The maximum atomic E-state index is 9.90. The highest BCUT2D eigenvalue weighted by Gasteiger charge is 2.30. The van der Waals surface area contributed by atoms with E-state index in [4.69, 9.17) is 11.6 Å². The largest absolute Gasteiger partial charge is 0.394 e. The van der Waals surface area contributed by atoms with Crippen LogP contribution < -0.4 is 5.32 Å². The van der Waals surface area contributed by atoms with Crippen LogP contribution in [0, 0.1) is 0 Å². The van der Waals surface area contributed by atoms with E-state index >= 15 is 0 Å². The molecule has 1 saturated carbocycles. The van der Waals surface area contributed by atoms with Gasteiger partial charge in [0.15, 0.2) is 0 Å². The fraction of sp³-hybridized carbons (Fsp3) is 0.625. The molecule has 1 fully saturated rings. The lowest BCUT2D eigenvalue weighted by Gasteiger charge is -2.34. The molecule has 0 heterocycles. The number of hydrogen-bond donors (Lipinski definition) is 2. The summed E-state index contributed by atoms with van der Waals surface area (Å²) in [5, 5.41) is 14.2. The highest BCUT2D eigenvalue weighted by atomic mass is 79.9. The maximum absolute atomic E-state index is 9.90. The van der Waals surface area contributed by atoms with Gasteiger partial charge >= 0.3 is 0 Å². The highest BCUT2D eigenvalue weighted by molar-refractivity contribution is 9.10. The predicted molar refractivity (Wildman–Crippen MR) is 88.2 cm³/mol. The van der Waals surface area contributed by atoms with Gasteiger partial charge in [0.25, 0.3) is 0 Å². The molecular weight excluding hydrogens is 338 g/mol. The van der Waals surface area contributed by atoms with Gasteiger partial charge in [0, 0.05) is 15.5 Å². The first-order valence-electron chi connectivity index (χ1n) is 7.39. The monoisotopic (exact) mass is 359 g/mol. The molecule has 1 unspecified atom stereocenters. The molecule has 20 heavy (non-hydrogen) atoms. The maximum Gasteiger partial charge on any atom is 0.0657 e. The zero-order chi connectivity index (χ0) is 14.6. The molecule has 0 aliphatic heterocycles. The van der Waals surface area contributed by atoms with Crippen LogP contribution in [-0.4, -0.2) is 17.8 Å². The second kappa shape index (κ2) is 7.26. The average Bonchev–Trinajstić information content (AvgIpc) is 2.67. The van der Waals surface area contributed by atoms with Crippen molar-refractivity contribution in [1.82, 2.24) is 5.32 Å². The Labute approximate surface area is 135 Å². The summed E-state index contributed by atoms with van der Waals surface area (Å²) in [6.45, 7) is 2.08. The van der Waals surface area contributed by atoms with Crippen molar-refractivity contribution in [2.75, 3.05) is 6.61 Å². The van der Waals surface area contributed by atoms with E-state index in [2.05, 4.69) is 21.2 Å². The molecule has 0 bridgehead atoms. The van der Waals surface area contributed by atoms with Crippen molar-refractivity contribution in [3.63, 3.8) is 0 Å². The third kappa shape index (κ3) is 3.97. The van der Waals surface area contributed by atoms with Crippen molar-refractivity contribution in [3.8, 4) is 0 Å². The molecule has 0 amide bonds. The summed E-state index contributed by atoms with van der Waals surface area (Å²) in [7, 11) is 0. The van der Waals surface area contributed by atoms with Crippen molar-refractivity contribution >= 4 is 27.5 Å². The van der Waals surface area contributed by atoms with Gasteiger partial charge in [0.05, 0.1) is 12.1 Å². The minimum Gasteiger partial charge on any atom is -0.394 e. The summed E-state index contributed by atoms with van der Waals surface area (Å²) in [6, 6.07) is 6.32. The van der Waals surface area contributed by atoms with Crippen LogP contribution in [0.2, 0.25) is 5.02 Å². The standard InChI is InChI=1S/C16H23BrClNO/c1-16(11-20,14-9-8-12(17)10-15(14)18)19-13-6-4-2-3-5-7-13/h8-10,13,19-20H,2-7,11H2,1H3. The van der Waals surface area contributed by atoms with Gasteiger partial charge < -0.3 is 10.4 Å². The van der Waals surface area contributed by atoms with Crippen LogP contribution in [0.5, 0.6) is 0 Å². The van der Waals surface area contributed by atoms with Crippen LogP contribution >= 0.6 is 27.5 Å². The first-order chi connectivity index (χ1) is 9.55. The average molecular weight is 361 g/mol. The summed E-state index contributed by atoms with van der Waals surface area (Å²) < 4.78 is 0.959. The van der Waals surface area contributed by atoms with Crippen LogP contribution in [0.3, 0.4) is 0 Å². The predicted octanol–water partition coefficient (Wildman–Crippen LogP) is 4.62. The van der Waals surface area contributed by atoms with E-state index in [0.29, 0.717) is 11.1 Å². The SMILES string of the molecule is CC(CO)(NC1CCCCCC1)c1ccc(Br)cc1Cl. The van der Waals surface area contributed by atoms with Crippen molar-refractivity contribution in [2.24, 2.45) is 0 Å². The Kier molecular flexibility index (Phi) is 5.91. The second-order valence-corrected chi connectivity index (χ2v) is 7.27. The Morgan fingerprint density at radius 1 is 1.30 bits per heavy atom. The first-order valence-corrected chi connectivity index (χ1v) is 8.56. The molecule has 4 heteroatoms. The van der Waals surface area contributed by atoms with Crippen LogP contribution in [-0.2, 0) is 5.54 Å². The number of nitrogens with one attached hydrogen (secondary N) is 1. The number of benzene rings is 1. The molecule has 0 radical (unpaired) electrons. The minimum absolute atomic E-state index is 0.0465. The Morgan fingerprint density at radius 3 is 2.50 bits per heavy atom. The normalized spacial score (nSPS) is 20.4. The highest BCUT2D eigenvalue weighted by Crippen LogP contribution is 2.32. The lowest BCUT2D eigenvalue weighted by atomic mass is 9.90. The third-order valence-corrected chi connectivity index (χ3v) is 5.03. The molecule has 2 nitrogen and oxygen atoms in total. The zero-order valence-corrected chi connectivity index (χ0v) is 14.3. The number of aliphatic hydroxyl groups excluding tert-OH is 1. The number of hydrogen-bond acceptors (Lipinski definition) is 2. The lowest BCUT2D eigenvalue weighted by molar-refractivity contribution is 0.157. The van der Waals surface area contributed by atoms with Crippen LogP contribution in [0.4, 0.5) is 0 Å². The summed E-state index contributed by atoms with van der Waals surface area (Å²) >= 11 is 9.79. The van der Waals surface area contributed by atoms with Crippen LogP contribution in [0.15, 0.2) is 22.7 Å². The summed E-state index contributed by atoms with van der Waals surface area (Å²) in [5.74, 6) is 0. The topological polar surface area (TPSA) is 32.3 Å². The summed E-state index contributed by atoms with van der Waals surface area (Å²) in [4.78, 5) is 0. The quantitative estimate of drug-likeness (QED) is 0.768. The van der Waals surface area contributed by atoms with Gasteiger partial charge in [-0.3, -0.25) is 0 Å². The molecule has 0 saturated heterocycles. The smallest absolute Gasteiger partial charge is 0.0657 e. The van der Waals surface area contributed by atoms with Gasteiger partial charge in [-0.15, -0.1) is 0 Å². The molecular formula is C16H23BrClNO. The van der Waals surface area contributed by atoms with E-state index in [1.807, 2.05) is 25.1 Å². The van der Waals surface area contributed by atoms with Gasteiger partial charge in [-0.2, -0.15) is 0 Å². The molecule has 1 aliphatic rings. The van der Waals surface area contributed by atoms with Gasteiger partial charge in [-0.25, -0.2) is 0 Å². The van der Waals surface area contributed by atoms with E-state index in [1.54, 1.807) is 0 Å². The van der Waals surface area contributed by atoms with E-state index < -0.39 is 5.54 Å². The molecule has 2 N–H and O–H groups in total.